The number of carbonyl (C=O) groups excluding carboxylic acids is 2. The number of nitrogens with zero attached hydrogens (tertiary/aromatic N) is 3. The molecule has 0 bridgehead atoms. The lowest BCUT2D eigenvalue weighted by Gasteiger charge is -2.16. The van der Waals surface area contributed by atoms with Crippen molar-refractivity contribution in [3.63, 3.8) is 0 Å². The molecule has 8 nitrogen and oxygen atoms in total. The number of hydrogen-bond donors (Lipinski definition) is 1. The van der Waals surface area contributed by atoms with Gasteiger partial charge in [0, 0.05) is 13.1 Å². The zero-order valence-corrected chi connectivity index (χ0v) is 16.3. The lowest BCUT2D eigenvalue weighted by molar-refractivity contribution is -0.0756. The minimum absolute atomic E-state index is 0.0339. The Balaban J connectivity index is 1.87. The standard InChI is InChI=1S/C21H19FN4O4/c1-25(30-2)21(29)16-12-15(22)8-9-17(16)23-20(28)18-10-11-19(27)26(24-18)13-14-6-4-3-5-7-14/h3-12H,13H2,1-2H3,(H,23,28). The number of nitrogens with one attached hydrogen (secondary N) is 1. The maximum atomic E-state index is 13.7. The smallest absolute Gasteiger partial charge is 0.279 e. The first kappa shape index (κ1) is 20.9. The molecule has 0 aliphatic rings. The SMILES string of the molecule is CON(C)C(=O)c1cc(F)ccc1NC(=O)c1ccc(=O)n(Cc2ccccc2)n1. The van der Waals surface area contributed by atoms with Gasteiger partial charge in [-0.1, -0.05) is 30.3 Å². The van der Waals surface area contributed by atoms with Crippen LogP contribution in [0.5, 0.6) is 0 Å². The topological polar surface area (TPSA) is 93.5 Å². The zero-order valence-electron chi connectivity index (χ0n) is 16.3. The Bertz CT molecular complexity index is 1130. The van der Waals surface area contributed by atoms with E-state index in [1.807, 2.05) is 30.3 Å². The molecule has 0 atom stereocenters. The van der Waals surface area contributed by atoms with E-state index in [9.17, 15) is 18.8 Å². The molecule has 154 valence electrons. The van der Waals surface area contributed by atoms with E-state index >= 15 is 0 Å². The van der Waals surface area contributed by atoms with Crippen LogP contribution in [0.2, 0.25) is 0 Å². The van der Waals surface area contributed by atoms with Gasteiger partial charge in [-0.25, -0.2) is 14.1 Å². The quantitative estimate of drug-likeness (QED) is 0.630. The maximum Gasteiger partial charge on any atom is 0.279 e. The average Bonchev–Trinajstić information content (AvgIpc) is 2.76. The Morgan fingerprint density at radius 3 is 2.57 bits per heavy atom. The van der Waals surface area contributed by atoms with Crippen LogP contribution in [0.3, 0.4) is 0 Å². The van der Waals surface area contributed by atoms with Gasteiger partial charge in [0.05, 0.1) is 24.9 Å². The van der Waals surface area contributed by atoms with E-state index in [0.717, 1.165) is 22.8 Å². The third-order valence-corrected chi connectivity index (χ3v) is 4.29. The fourth-order valence-electron chi connectivity index (χ4n) is 2.68. The lowest BCUT2D eigenvalue weighted by atomic mass is 10.1. The van der Waals surface area contributed by atoms with Crippen LogP contribution in [0.25, 0.3) is 0 Å². The number of hydroxylamine groups is 2. The molecule has 1 aromatic heterocycles. The maximum absolute atomic E-state index is 13.7. The molecule has 30 heavy (non-hydrogen) atoms. The monoisotopic (exact) mass is 410 g/mol. The van der Waals surface area contributed by atoms with Crippen molar-refractivity contribution in [2.75, 3.05) is 19.5 Å². The van der Waals surface area contributed by atoms with E-state index in [0.29, 0.717) is 0 Å². The third kappa shape index (κ3) is 4.76. The first-order valence-electron chi connectivity index (χ1n) is 8.94. The molecular formula is C21H19FN4O4. The molecule has 0 spiro atoms. The van der Waals surface area contributed by atoms with Crippen molar-refractivity contribution < 1.29 is 18.8 Å². The van der Waals surface area contributed by atoms with Gasteiger partial charge < -0.3 is 5.32 Å². The third-order valence-electron chi connectivity index (χ3n) is 4.29. The fourth-order valence-corrected chi connectivity index (χ4v) is 2.68. The molecule has 0 saturated carbocycles. The summed E-state index contributed by atoms with van der Waals surface area (Å²) in [7, 11) is 2.65. The van der Waals surface area contributed by atoms with Crippen LogP contribution in [0.4, 0.5) is 10.1 Å². The Morgan fingerprint density at radius 1 is 1.13 bits per heavy atom. The number of hydrogen-bond acceptors (Lipinski definition) is 5. The van der Waals surface area contributed by atoms with Crippen LogP contribution in [-0.2, 0) is 11.4 Å². The highest BCUT2D eigenvalue weighted by molar-refractivity contribution is 6.07. The average molecular weight is 410 g/mol. The molecule has 0 radical (unpaired) electrons. The van der Waals surface area contributed by atoms with Crippen molar-refractivity contribution in [2.45, 2.75) is 6.54 Å². The van der Waals surface area contributed by atoms with E-state index in [1.54, 1.807) is 0 Å². The number of amides is 2. The minimum atomic E-state index is -0.655. The predicted octanol–water partition coefficient (Wildman–Crippen LogP) is 2.32. The van der Waals surface area contributed by atoms with Crippen LogP contribution in [-0.4, -0.2) is 40.8 Å². The second kappa shape index (κ2) is 9.10. The van der Waals surface area contributed by atoms with Crippen molar-refractivity contribution in [1.29, 1.82) is 0 Å². The largest absolute Gasteiger partial charge is 0.320 e. The molecule has 9 heteroatoms. The molecule has 2 amide bonds. The Kier molecular flexibility index (Phi) is 6.33. The van der Waals surface area contributed by atoms with Gasteiger partial charge in [0.2, 0.25) is 0 Å². The molecule has 3 aromatic rings. The molecule has 1 N–H and O–H groups in total. The van der Waals surface area contributed by atoms with Crippen molar-refractivity contribution in [3.05, 3.63) is 93.7 Å². The number of rotatable bonds is 6. The second-order valence-electron chi connectivity index (χ2n) is 6.33. The molecule has 1 heterocycles. The predicted molar refractivity (Wildman–Crippen MR) is 107 cm³/mol. The molecule has 0 unspecified atom stereocenters. The van der Waals surface area contributed by atoms with Crippen molar-refractivity contribution in [2.24, 2.45) is 0 Å². The highest BCUT2D eigenvalue weighted by atomic mass is 19.1. The lowest BCUT2D eigenvalue weighted by Crippen LogP contribution is -2.28. The van der Waals surface area contributed by atoms with Gasteiger partial charge in [-0.2, -0.15) is 5.10 Å². The van der Waals surface area contributed by atoms with Crippen LogP contribution in [0.1, 0.15) is 26.4 Å². The summed E-state index contributed by atoms with van der Waals surface area (Å²) in [5, 5.41) is 7.55. The number of benzene rings is 2. The van der Waals surface area contributed by atoms with Crippen molar-refractivity contribution >= 4 is 17.5 Å². The number of anilines is 1. The highest BCUT2D eigenvalue weighted by Gasteiger charge is 2.19. The van der Waals surface area contributed by atoms with E-state index < -0.39 is 17.6 Å². The van der Waals surface area contributed by atoms with Gasteiger partial charge in [-0.05, 0) is 29.8 Å². The Labute approximate surface area is 171 Å². The van der Waals surface area contributed by atoms with Crippen LogP contribution >= 0.6 is 0 Å². The van der Waals surface area contributed by atoms with Crippen LogP contribution in [0.15, 0.2) is 65.5 Å². The molecule has 2 aromatic carbocycles. The Morgan fingerprint density at radius 2 is 1.87 bits per heavy atom. The number of aromatic nitrogens is 2. The summed E-state index contributed by atoms with van der Waals surface area (Å²) in [5.74, 6) is -1.94. The molecule has 0 aliphatic heterocycles. The summed E-state index contributed by atoms with van der Waals surface area (Å²) in [4.78, 5) is 42.0. The highest BCUT2D eigenvalue weighted by Crippen LogP contribution is 2.19. The number of halogens is 1. The summed E-state index contributed by atoms with van der Waals surface area (Å²) in [6, 6.07) is 15.1. The molecular weight excluding hydrogens is 391 g/mol. The van der Waals surface area contributed by atoms with Crippen LogP contribution in [0, 0.1) is 5.82 Å². The van der Waals surface area contributed by atoms with E-state index in [2.05, 4.69) is 10.4 Å². The second-order valence-corrected chi connectivity index (χ2v) is 6.33. The van der Waals surface area contributed by atoms with Gasteiger partial charge in [0.1, 0.15) is 11.5 Å². The fraction of sp³-hybridized carbons (Fsp3) is 0.143. The van der Waals surface area contributed by atoms with Gasteiger partial charge in [0.25, 0.3) is 17.4 Å². The van der Waals surface area contributed by atoms with E-state index in [1.165, 1.54) is 37.0 Å². The van der Waals surface area contributed by atoms with Gasteiger partial charge >= 0.3 is 0 Å². The van der Waals surface area contributed by atoms with Gasteiger partial charge in [-0.3, -0.25) is 19.2 Å². The zero-order chi connectivity index (χ0) is 21.7. The van der Waals surface area contributed by atoms with E-state index in [-0.39, 0.29) is 29.0 Å². The van der Waals surface area contributed by atoms with Crippen molar-refractivity contribution in [1.82, 2.24) is 14.8 Å². The summed E-state index contributed by atoms with van der Waals surface area (Å²) in [6.07, 6.45) is 0. The molecule has 3 rings (SSSR count). The summed E-state index contributed by atoms with van der Waals surface area (Å²) >= 11 is 0. The first-order chi connectivity index (χ1) is 14.4. The molecule has 0 fully saturated rings. The first-order valence-corrected chi connectivity index (χ1v) is 8.94. The summed E-state index contributed by atoms with van der Waals surface area (Å²) in [6.45, 7) is 0.194. The van der Waals surface area contributed by atoms with Crippen molar-refractivity contribution in [3.8, 4) is 0 Å². The molecule has 0 aliphatic carbocycles. The van der Waals surface area contributed by atoms with E-state index in [4.69, 9.17) is 4.84 Å². The minimum Gasteiger partial charge on any atom is -0.320 e. The van der Waals surface area contributed by atoms with Gasteiger partial charge in [-0.15, -0.1) is 0 Å². The van der Waals surface area contributed by atoms with Crippen LogP contribution < -0.4 is 10.9 Å². The summed E-state index contributed by atoms with van der Waals surface area (Å²) < 4.78 is 14.8. The summed E-state index contributed by atoms with van der Waals surface area (Å²) in [5.41, 5.74) is 0.435. The van der Waals surface area contributed by atoms with Gasteiger partial charge in [0.15, 0.2) is 0 Å². The Hall–Kier alpha value is -3.85. The molecule has 0 saturated heterocycles. The normalized spacial score (nSPS) is 10.5. The number of carbonyl (C=O) groups is 2.